The standard InChI is InChI=1S/C24H27N3O2S/c28-20-15-25-23(17-9-3-1-4-10-17)22-18-11-5-6-12-19(18)30-24(22)27(20)16-21(29)26-13-7-2-8-14-26/h1,3-4,9-10H,2,5-8,11-16H2. The fourth-order valence-corrected chi connectivity index (χ4v) is 6.19. The number of fused-ring (bicyclic) bond motifs is 3. The summed E-state index contributed by atoms with van der Waals surface area (Å²) in [6.45, 7) is 1.83. The van der Waals surface area contributed by atoms with Crippen LogP contribution in [0.2, 0.25) is 0 Å². The average Bonchev–Trinajstić information content (AvgIpc) is 3.11. The van der Waals surface area contributed by atoms with E-state index in [0.29, 0.717) is 0 Å². The number of thiophene rings is 1. The summed E-state index contributed by atoms with van der Waals surface area (Å²) in [5.74, 6) is -0.0188. The summed E-state index contributed by atoms with van der Waals surface area (Å²) in [5, 5.41) is 0.928. The van der Waals surface area contributed by atoms with Gasteiger partial charge in [0, 0.05) is 29.1 Å². The van der Waals surface area contributed by atoms with Crippen molar-refractivity contribution in [1.82, 2.24) is 4.90 Å². The van der Waals surface area contributed by atoms with Gasteiger partial charge in [-0.05, 0) is 50.5 Å². The maximum Gasteiger partial charge on any atom is 0.249 e. The van der Waals surface area contributed by atoms with E-state index < -0.39 is 0 Å². The number of nitrogens with zero attached hydrogens (tertiary/aromatic N) is 3. The van der Waals surface area contributed by atoms with Crippen LogP contribution in [0.4, 0.5) is 5.00 Å². The second-order valence-corrected chi connectivity index (χ2v) is 9.43. The summed E-state index contributed by atoms with van der Waals surface area (Å²) in [7, 11) is 0. The number of anilines is 1. The van der Waals surface area contributed by atoms with Gasteiger partial charge in [-0.25, -0.2) is 0 Å². The normalized spacial score (nSPS) is 19.1. The highest BCUT2D eigenvalue weighted by Gasteiger charge is 2.34. The Balaban J connectivity index is 1.56. The van der Waals surface area contributed by atoms with E-state index in [9.17, 15) is 9.59 Å². The lowest BCUT2D eigenvalue weighted by Gasteiger charge is -2.29. The Kier molecular flexibility index (Phi) is 5.42. The van der Waals surface area contributed by atoms with Gasteiger partial charge in [-0.2, -0.15) is 0 Å². The van der Waals surface area contributed by atoms with Crippen molar-refractivity contribution in [3.8, 4) is 0 Å². The fraction of sp³-hybridized carbons (Fsp3) is 0.458. The van der Waals surface area contributed by atoms with Crippen molar-refractivity contribution in [1.29, 1.82) is 0 Å². The Morgan fingerprint density at radius 2 is 1.77 bits per heavy atom. The van der Waals surface area contributed by atoms with E-state index in [2.05, 4.69) is 12.1 Å². The topological polar surface area (TPSA) is 53.0 Å². The number of rotatable bonds is 3. The molecule has 1 aliphatic carbocycles. The fourth-order valence-electron chi connectivity index (χ4n) is 4.78. The van der Waals surface area contributed by atoms with Crippen molar-refractivity contribution in [2.24, 2.45) is 4.99 Å². The van der Waals surface area contributed by atoms with Crippen LogP contribution in [0.5, 0.6) is 0 Å². The molecule has 1 aromatic heterocycles. The number of hydrogen-bond acceptors (Lipinski definition) is 4. The van der Waals surface area contributed by atoms with Crippen molar-refractivity contribution in [3.05, 3.63) is 51.9 Å². The molecule has 30 heavy (non-hydrogen) atoms. The highest BCUT2D eigenvalue weighted by Crippen LogP contribution is 2.42. The first-order valence-electron chi connectivity index (χ1n) is 11.1. The molecule has 5 nitrogen and oxygen atoms in total. The Morgan fingerprint density at radius 1 is 1.00 bits per heavy atom. The molecule has 3 heterocycles. The van der Waals surface area contributed by atoms with E-state index in [1.165, 1.54) is 29.7 Å². The summed E-state index contributed by atoms with van der Waals surface area (Å²) in [6.07, 6.45) is 7.72. The number of carbonyl (C=O) groups excluding carboxylic acids is 2. The minimum atomic E-state index is -0.0777. The number of likely N-dealkylation sites (tertiary alicyclic amines) is 1. The van der Waals surface area contributed by atoms with E-state index in [1.807, 2.05) is 23.1 Å². The minimum absolute atomic E-state index is 0.0588. The predicted octanol–water partition coefficient (Wildman–Crippen LogP) is 3.82. The second kappa shape index (κ2) is 8.34. The third-order valence-corrected chi connectivity index (χ3v) is 7.67. The molecule has 0 N–H and O–H groups in total. The van der Waals surface area contributed by atoms with Crippen molar-refractivity contribution in [2.45, 2.75) is 44.9 Å². The first-order chi connectivity index (χ1) is 14.7. The van der Waals surface area contributed by atoms with Gasteiger partial charge in [-0.1, -0.05) is 30.3 Å². The van der Waals surface area contributed by atoms with E-state index in [0.717, 1.165) is 60.6 Å². The molecule has 0 spiro atoms. The molecular formula is C24H27N3O2S. The first-order valence-corrected chi connectivity index (χ1v) is 11.9. The summed E-state index contributed by atoms with van der Waals surface area (Å²) >= 11 is 1.70. The van der Waals surface area contributed by atoms with Crippen LogP contribution in [0.15, 0.2) is 35.3 Å². The van der Waals surface area contributed by atoms with Crippen LogP contribution in [0, 0.1) is 0 Å². The van der Waals surface area contributed by atoms with Gasteiger partial charge in [-0.3, -0.25) is 19.5 Å². The number of aryl methyl sites for hydroxylation is 1. The number of benzene rings is 1. The molecule has 5 rings (SSSR count). The maximum absolute atomic E-state index is 13.1. The van der Waals surface area contributed by atoms with Gasteiger partial charge >= 0.3 is 0 Å². The van der Waals surface area contributed by atoms with Crippen LogP contribution in [0.1, 0.15) is 53.7 Å². The molecule has 156 valence electrons. The smallest absolute Gasteiger partial charge is 0.249 e. The highest BCUT2D eigenvalue weighted by molar-refractivity contribution is 7.17. The lowest BCUT2D eigenvalue weighted by atomic mass is 9.91. The number of carbonyl (C=O) groups is 2. The summed E-state index contributed by atoms with van der Waals surface area (Å²) in [4.78, 5) is 36.0. The van der Waals surface area contributed by atoms with Gasteiger partial charge in [0.1, 0.15) is 18.1 Å². The van der Waals surface area contributed by atoms with Gasteiger partial charge in [0.15, 0.2) is 0 Å². The monoisotopic (exact) mass is 421 g/mol. The molecule has 1 aromatic carbocycles. The number of hydrogen-bond donors (Lipinski definition) is 0. The van der Waals surface area contributed by atoms with E-state index in [-0.39, 0.29) is 24.9 Å². The molecule has 2 aromatic rings. The molecule has 0 unspecified atom stereocenters. The van der Waals surface area contributed by atoms with Gasteiger partial charge in [0.05, 0.1) is 5.71 Å². The van der Waals surface area contributed by atoms with Gasteiger partial charge in [0.2, 0.25) is 11.8 Å². The molecule has 0 radical (unpaired) electrons. The Hall–Kier alpha value is -2.47. The molecule has 1 fully saturated rings. The predicted molar refractivity (Wildman–Crippen MR) is 121 cm³/mol. The van der Waals surface area contributed by atoms with Gasteiger partial charge in [0.25, 0.3) is 0 Å². The average molecular weight is 422 g/mol. The number of piperidine rings is 1. The van der Waals surface area contributed by atoms with Crippen LogP contribution >= 0.6 is 11.3 Å². The Labute approximate surface area is 181 Å². The molecule has 3 aliphatic rings. The molecule has 0 atom stereocenters. The zero-order chi connectivity index (χ0) is 20.5. The van der Waals surface area contributed by atoms with Crippen LogP contribution in [0.25, 0.3) is 0 Å². The summed E-state index contributed by atoms with van der Waals surface area (Å²) < 4.78 is 0. The number of aliphatic imine (C=N–C) groups is 1. The summed E-state index contributed by atoms with van der Waals surface area (Å²) in [6, 6.07) is 10.2. The largest absolute Gasteiger partial charge is 0.341 e. The lowest BCUT2D eigenvalue weighted by molar-refractivity contribution is -0.132. The third kappa shape index (κ3) is 3.58. The van der Waals surface area contributed by atoms with Gasteiger partial charge in [-0.15, -0.1) is 11.3 Å². The Morgan fingerprint density at radius 3 is 2.57 bits per heavy atom. The lowest BCUT2D eigenvalue weighted by Crippen LogP contribution is -2.45. The molecule has 2 aliphatic heterocycles. The summed E-state index contributed by atoms with van der Waals surface area (Å²) in [5.41, 5.74) is 4.39. The van der Waals surface area contributed by atoms with Crippen LogP contribution in [-0.2, 0) is 22.4 Å². The molecular weight excluding hydrogens is 394 g/mol. The Bertz CT molecular complexity index is 989. The van der Waals surface area contributed by atoms with Crippen molar-refractivity contribution < 1.29 is 9.59 Å². The quantitative estimate of drug-likeness (QED) is 0.756. The second-order valence-electron chi connectivity index (χ2n) is 8.34. The van der Waals surface area contributed by atoms with Crippen molar-refractivity contribution >= 4 is 33.9 Å². The van der Waals surface area contributed by atoms with Crippen LogP contribution in [-0.4, -0.2) is 48.6 Å². The zero-order valence-electron chi connectivity index (χ0n) is 17.2. The molecule has 0 saturated carbocycles. The van der Waals surface area contributed by atoms with Crippen molar-refractivity contribution in [3.63, 3.8) is 0 Å². The van der Waals surface area contributed by atoms with Crippen LogP contribution in [0.3, 0.4) is 0 Å². The van der Waals surface area contributed by atoms with E-state index in [4.69, 9.17) is 4.99 Å². The molecule has 2 amide bonds. The zero-order valence-corrected chi connectivity index (χ0v) is 18.0. The molecule has 0 bridgehead atoms. The SMILES string of the molecule is O=C(CN1C(=O)CN=C(c2ccccc2)c2c1sc1c2CCCC1)N1CCCCC1. The van der Waals surface area contributed by atoms with E-state index in [1.54, 1.807) is 16.2 Å². The molecule has 1 saturated heterocycles. The van der Waals surface area contributed by atoms with E-state index >= 15 is 0 Å². The van der Waals surface area contributed by atoms with Gasteiger partial charge < -0.3 is 4.90 Å². The highest BCUT2D eigenvalue weighted by atomic mass is 32.1. The maximum atomic E-state index is 13.1. The van der Waals surface area contributed by atoms with Crippen molar-refractivity contribution in [2.75, 3.05) is 31.1 Å². The third-order valence-electron chi connectivity index (χ3n) is 6.36. The first kappa shape index (κ1) is 19.5. The minimum Gasteiger partial charge on any atom is -0.341 e. The molecule has 6 heteroatoms. The number of amides is 2. The van der Waals surface area contributed by atoms with Crippen LogP contribution < -0.4 is 4.90 Å².